The summed E-state index contributed by atoms with van der Waals surface area (Å²) in [5.74, 6) is 1.66. The van der Waals surface area contributed by atoms with E-state index < -0.39 is 0 Å². The van der Waals surface area contributed by atoms with E-state index in [4.69, 9.17) is 4.74 Å². The number of benzene rings is 1. The maximum Gasteiger partial charge on any atom is 0.170 e. The molecular formula is C13H19N5O. The summed E-state index contributed by atoms with van der Waals surface area (Å²) in [6.45, 7) is 6.37. The summed E-state index contributed by atoms with van der Waals surface area (Å²) < 4.78 is 7.15. The Bertz CT molecular complexity index is 494. The molecule has 0 saturated heterocycles. The van der Waals surface area contributed by atoms with Crippen LogP contribution in [0.3, 0.4) is 0 Å². The molecule has 0 spiro atoms. The van der Waals surface area contributed by atoms with Crippen molar-refractivity contribution in [1.82, 2.24) is 25.5 Å². The lowest BCUT2D eigenvalue weighted by atomic mass is 10.3. The van der Waals surface area contributed by atoms with Crippen molar-refractivity contribution >= 4 is 0 Å². The van der Waals surface area contributed by atoms with Crippen molar-refractivity contribution < 1.29 is 4.74 Å². The molecule has 0 atom stereocenters. The molecule has 0 aliphatic rings. The van der Waals surface area contributed by atoms with Gasteiger partial charge in [0, 0.05) is 0 Å². The van der Waals surface area contributed by atoms with Crippen LogP contribution in [0.4, 0.5) is 0 Å². The van der Waals surface area contributed by atoms with Gasteiger partial charge in [0.15, 0.2) is 5.82 Å². The van der Waals surface area contributed by atoms with E-state index >= 15 is 0 Å². The van der Waals surface area contributed by atoms with Gasteiger partial charge in [0.1, 0.15) is 5.75 Å². The highest BCUT2D eigenvalue weighted by atomic mass is 16.5. The Labute approximate surface area is 112 Å². The molecule has 0 saturated carbocycles. The molecule has 6 nitrogen and oxygen atoms in total. The van der Waals surface area contributed by atoms with Crippen molar-refractivity contribution in [3.05, 3.63) is 30.1 Å². The van der Waals surface area contributed by atoms with Gasteiger partial charge in [-0.15, -0.1) is 5.10 Å². The van der Waals surface area contributed by atoms with Crippen molar-refractivity contribution in [2.75, 3.05) is 13.2 Å². The molecule has 1 N–H and O–H groups in total. The zero-order valence-corrected chi connectivity index (χ0v) is 11.3. The lowest BCUT2D eigenvalue weighted by Gasteiger charge is -2.07. The van der Waals surface area contributed by atoms with E-state index in [1.54, 1.807) is 4.68 Å². The topological polar surface area (TPSA) is 64.9 Å². The first-order chi connectivity index (χ1) is 9.35. The van der Waals surface area contributed by atoms with Gasteiger partial charge in [0.05, 0.1) is 18.8 Å². The van der Waals surface area contributed by atoms with Crippen LogP contribution in [0.2, 0.25) is 0 Å². The third-order valence-corrected chi connectivity index (χ3v) is 2.64. The predicted octanol–water partition coefficient (Wildman–Crippen LogP) is 1.56. The van der Waals surface area contributed by atoms with Gasteiger partial charge in [-0.05, 0) is 54.6 Å². The van der Waals surface area contributed by atoms with Crippen LogP contribution in [0.1, 0.15) is 26.1 Å². The van der Waals surface area contributed by atoms with Crippen molar-refractivity contribution in [2.24, 2.45) is 0 Å². The molecule has 1 aromatic heterocycles. The zero-order chi connectivity index (χ0) is 13.5. The number of hydrogen-bond donors (Lipinski definition) is 1. The van der Waals surface area contributed by atoms with Gasteiger partial charge in [-0.25, -0.2) is 0 Å². The minimum atomic E-state index is 0.661. The smallest absolute Gasteiger partial charge is 0.170 e. The number of nitrogens with one attached hydrogen (secondary N) is 1. The summed E-state index contributed by atoms with van der Waals surface area (Å²) in [7, 11) is 0. The van der Waals surface area contributed by atoms with Gasteiger partial charge in [-0.3, -0.25) is 0 Å². The monoisotopic (exact) mass is 261 g/mol. The Balaban J connectivity index is 2.10. The number of rotatable bonds is 7. The highest BCUT2D eigenvalue weighted by molar-refractivity contribution is 5.36. The van der Waals surface area contributed by atoms with Crippen molar-refractivity contribution in [1.29, 1.82) is 0 Å². The van der Waals surface area contributed by atoms with Crippen LogP contribution in [-0.4, -0.2) is 33.4 Å². The Morgan fingerprint density at radius 3 is 2.68 bits per heavy atom. The van der Waals surface area contributed by atoms with Crippen LogP contribution >= 0.6 is 0 Å². The van der Waals surface area contributed by atoms with Gasteiger partial charge in [-0.1, -0.05) is 6.92 Å². The predicted molar refractivity (Wildman–Crippen MR) is 72.3 cm³/mol. The molecule has 1 heterocycles. The SMILES string of the molecule is CCCNCc1nnnn1-c1ccc(OCC)cc1. The molecule has 0 bridgehead atoms. The molecule has 19 heavy (non-hydrogen) atoms. The van der Waals surface area contributed by atoms with Gasteiger partial charge in [-0.2, -0.15) is 4.68 Å². The second-order valence-corrected chi connectivity index (χ2v) is 4.11. The molecule has 0 amide bonds. The molecule has 1 aromatic carbocycles. The van der Waals surface area contributed by atoms with E-state index in [1.165, 1.54) is 0 Å². The molecule has 0 radical (unpaired) electrons. The van der Waals surface area contributed by atoms with Gasteiger partial charge in [0.2, 0.25) is 0 Å². The number of ether oxygens (including phenoxy) is 1. The van der Waals surface area contributed by atoms with E-state index in [-0.39, 0.29) is 0 Å². The maximum atomic E-state index is 5.41. The Morgan fingerprint density at radius 2 is 2.00 bits per heavy atom. The molecule has 2 rings (SSSR count). The van der Waals surface area contributed by atoms with Gasteiger partial charge >= 0.3 is 0 Å². The fraction of sp³-hybridized carbons (Fsp3) is 0.462. The fourth-order valence-corrected chi connectivity index (χ4v) is 1.74. The van der Waals surface area contributed by atoms with Crippen molar-refractivity contribution in [3.8, 4) is 11.4 Å². The fourth-order valence-electron chi connectivity index (χ4n) is 1.74. The van der Waals surface area contributed by atoms with Crippen LogP contribution in [-0.2, 0) is 6.54 Å². The Hall–Kier alpha value is -1.95. The largest absolute Gasteiger partial charge is 0.494 e. The first kappa shape index (κ1) is 13.5. The number of tetrazole rings is 1. The molecular weight excluding hydrogens is 242 g/mol. The van der Waals surface area contributed by atoms with Crippen molar-refractivity contribution in [3.63, 3.8) is 0 Å². The van der Waals surface area contributed by atoms with Crippen molar-refractivity contribution in [2.45, 2.75) is 26.8 Å². The van der Waals surface area contributed by atoms with Crippen LogP contribution in [0.15, 0.2) is 24.3 Å². The van der Waals surface area contributed by atoms with E-state index in [0.717, 1.165) is 30.2 Å². The van der Waals surface area contributed by atoms with E-state index in [1.807, 2.05) is 31.2 Å². The first-order valence-corrected chi connectivity index (χ1v) is 6.56. The highest BCUT2D eigenvalue weighted by Gasteiger charge is 2.07. The highest BCUT2D eigenvalue weighted by Crippen LogP contribution is 2.15. The summed E-state index contributed by atoms with van der Waals surface area (Å²) in [6.07, 6.45) is 1.09. The normalized spacial score (nSPS) is 10.6. The summed E-state index contributed by atoms with van der Waals surface area (Å²) in [6, 6.07) is 7.74. The number of nitrogens with zero attached hydrogens (tertiary/aromatic N) is 4. The quantitative estimate of drug-likeness (QED) is 0.766. The second-order valence-electron chi connectivity index (χ2n) is 4.11. The average molecular weight is 261 g/mol. The number of aromatic nitrogens is 4. The Kier molecular flexibility index (Phi) is 4.85. The maximum absolute atomic E-state index is 5.41. The second kappa shape index (κ2) is 6.84. The van der Waals surface area contributed by atoms with Crippen LogP contribution in [0.5, 0.6) is 5.75 Å². The van der Waals surface area contributed by atoms with E-state index in [0.29, 0.717) is 13.2 Å². The van der Waals surface area contributed by atoms with Crippen LogP contribution in [0.25, 0.3) is 5.69 Å². The van der Waals surface area contributed by atoms with Crippen LogP contribution in [0, 0.1) is 0 Å². The average Bonchev–Trinajstić information content (AvgIpc) is 2.89. The number of hydrogen-bond acceptors (Lipinski definition) is 5. The Morgan fingerprint density at radius 1 is 1.21 bits per heavy atom. The zero-order valence-electron chi connectivity index (χ0n) is 11.3. The van der Waals surface area contributed by atoms with Gasteiger partial charge < -0.3 is 10.1 Å². The molecule has 0 unspecified atom stereocenters. The third-order valence-electron chi connectivity index (χ3n) is 2.64. The summed E-state index contributed by atoms with van der Waals surface area (Å²) >= 11 is 0. The molecule has 6 heteroatoms. The third kappa shape index (κ3) is 3.51. The molecule has 102 valence electrons. The lowest BCUT2D eigenvalue weighted by molar-refractivity contribution is 0.340. The minimum absolute atomic E-state index is 0.661. The minimum Gasteiger partial charge on any atom is -0.494 e. The van der Waals surface area contributed by atoms with E-state index in [9.17, 15) is 0 Å². The summed E-state index contributed by atoms with van der Waals surface area (Å²) in [5, 5.41) is 15.1. The molecule has 2 aromatic rings. The molecule has 0 aliphatic carbocycles. The van der Waals surface area contributed by atoms with Crippen LogP contribution < -0.4 is 10.1 Å². The first-order valence-electron chi connectivity index (χ1n) is 6.56. The van der Waals surface area contributed by atoms with Gasteiger partial charge in [0.25, 0.3) is 0 Å². The van der Waals surface area contributed by atoms with E-state index in [2.05, 4.69) is 27.8 Å². The summed E-state index contributed by atoms with van der Waals surface area (Å²) in [5.41, 5.74) is 0.932. The summed E-state index contributed by atoms with van der Waals surface area (Å²) in [4.78, 5) is 0. The lowest BCUT2D eigenvalue weighted by Crippen LogP contribution is -2.17. The standard InChI is InChI=1S/C13H19N5O/c1-3-9-14-10-13-15-16-17-18(13)11-5-7-12(8-6-11)19-4-2/h5-8,14H,3-4,9-10H2,1-2H3. The molecule has 0 aliphatic heterocycles. The molecule has 0 fully saturated rings.